The molecule has 2 N–H and O–H groups in total. The number of aromatic nitrogens is 2. The fourth-order valence-corrected chi connectivity index (χ4v) is 2.22. The van der Waals surface area contributed by atoms with E-state index in [0.717, 1.165) is 19.4 Å². The van der Waals surface area contributed by atoms with Crippen LogP contribution in [0.5, 0.6) is 0 Å². The summed E-state index contributed by atoms with van der Waals surface area (Å²) in [6.45, 7) is 3.81. The summed E-state index contributed by atoms with van der Waals surface area (Å²) >= 11 is 0. The summed E-state index contributed by atoms with van der Waals surface area (Å²) in [5.41, 5.74) is 0.0134. The van der Waals surface area contributed by atoms with Gasteiger partial charge in [-0.1, -0.05) is 0 Å². The summed E-state index contributed by atoms with van der Waals surface area (Å²) in [7, 11) is 0. The lowest BCUT2D eigenvalue weighted by Crippen LogP contribution is -2.42. The molecule has 2 heterocycles. The SMILES string of the molecule is CC1CCCN1C(=O)NCCn1cnc(C(=O)O)c1. The Labute approximate surface area is 111 Å². The van der Waals surface area contributed by atoms with E-state index < -0.39 is 5.97 Å². The molecule has 7 nitrogen and oxygen atoms in total. The van der Waals surface area contributed by atoms with E-state index in [1.807, 2.05) is 11.8 Å². The van der Waals surface area contributed by atoms with Crippen LogP contribution < -0.4 is 5.32 Å². The first-order valence-electron chi connectivity index (χ1n) is 6.37. The number of imidazole rings is 1. The second kappa shape index (κ2) is 5.73. The Balaban J connectivity index is 1.76. The van der Waals surface area contributed by atoms with Crippen LogP contribution in [-0.4, -0.2) is 50.7 Å². The van der Waals surface area contributed by atoms with Gasteiger partial charge in [-0.3, -0.25) is 0 Å². The zero-order valence-electron chi connectivity index (χ0n) is 10.9. The van der Waals surface area contributed by atoms with Crippen LogP contribution in [0.3, 0.4) is 0 Å². The average molecular weight is 266 g/mol. The molecule has 0 aliphatic carbocycles. The molecule has 1 saturated heterocycles. The molecule has 0 aromatic carbocycles. The minimum atomic E-state index is -1.05. The molecule has 0 radical (unpaired) electrons. The minimum Gasteiger partial charge on any atom is -0.476 e. The van der Waals surface area contributed by atoms with Crippen molar-refractivity contribution in [3.63, 3.8) is 0 Å². The van der Waals surface area contributed by atoms with E-state index in [1.165, 1.54) is 12.5 Å². The number of nitrogens with zero attached hydrogens (tertiary/aromatic N) is 3. The highest BCUT2D eigenvalue weighted by Crippen LogP contribution is 2.15. The third-order valence-corrected chi connectivity index (χ3v) is 3.31. The van der Waals surface area contributed by atoms with Crippen molar-refractivity contribution in [2.45, 2.75) is 32.4 Å². The van der Waals surface area contributed by atoms with Crippen LogP contribution in [0.4, 0.5) is 4.79 Å². The number of rotatable bonds is 4. The molecule has 1 aliphatic heterocycles. The second-order valence-electron chi connectivity index (χ2n) is 4.72. The van der Waals surface area contributed by atoms with Gasteiger partial charge in [0.1, 0.15) is 0 Å². The molecule has 7 heteroatoms. The predicted octanol–water partition coefficient (Wildman–Crippen LogP) is 0.775. The molecule has 1 unspecified atom stereocenters. The number of carbonyl (C=O) groups is 2. The Kier molecular flexibility index (Phi) is 4.03. The summed E-state index contributed by atoms with van der Waals surface area (Å²) in [4.78, 5) is 28.1. The largest absolute Gasteiger partial charge is 0.476 e. The fraction of sp³-hybridized carbons (Fsp3) is 0.583. The van der Waals surface area contributed by atoms with Crippen molar-refractivity contribution in [3.05, 3.63) is 18.2 Å². The second-order valence-corrected chi connectivity index (χ2v) is 4.72. The van der Waals surface area contributed by atoms with Gasteiger partial charge in [0, 0.05) is 31.9 Å². The van der Waals surface area contributed by atoms with Crippen molar-refractivity contribution in [1.29, 1.82) is 0 Å². The van der Waals surface area contributed by atoms with Crippen molar-refractivity contribution >= 4 is 12.0 Å². The molecule has 2 amide bonds. The fourth-order valence-electron chi connectivity index (χ4n) is 2.22. The van der Waals surface area contributed by atoms with Crippen LogP contribution in [0.2, 0.25) is 0 Å². The summed E-state index contributed by atoms with van der Waals surface area (Å²) in [6.07, 6.45) is 5.01. The minimum absolute atomic E-state index is 0.0134. The molecule has 2 rings (SSSR count). The lowest BCUT2D eigenvalue weighted by atomic mass is 10.2. The molecular formula is C12H18N4O3. The van der Waals surface area contributed by atoms with Crippen molar-refractivity contribution in [3.8, 4) is 0 Å². The van der Waals surface area contributed by atoms with E-state index >= 15 is 0 Å². The lowest BCUT2D eigenvalue weighted by molar-refractivity contribution is 0.0691. The number of hydrogen-bond acceptors (Lipinski definition) is 3. The standard InChI is InChI=1S/C12H18N4O3/c1-9-3-2-5-16(9)12(19)13-4-6-15-7-10(11(17)18)14-8-15/h7-9H,2-6H2,1H3,(H,13,19)(H,17,18). The van der Waals surface area contributed by atoms with E-state index in [-0.39, 0.29) is 11.7 Å². The van der Waals surface area contributed by atoms with E-state index in [4.69, 9.17) is 5.11 Å². The maximum absolute atomic E-state index is 11.9. The molecular weight excluding hydrogens is 248 g/mol. The number of urea groups is 1. The van der Waals surface area contributed by atoms with Gasteiger partial charge in [0.15, 0.2) is 5.69 Å². The van der Waals surface area contributed by atoms with Crippen molar-refractivity contribution in [2.75, 3.05) is 13.1 Å². The van der Waals surface area contributed by atoms with E-state index in [1.54, 1.807) is 4.57 Å². The highest BCUT2D eigenvalue weighted by atomic mass is 16.4. The topological polar surface area (TPSA) is 87.5 Å². The molecule has 19 heavy (non-hydrogen) atoms. The molecule has 1 atom stereocenters. The Morgan fingerprint density at radius 3 is 2.95 bits per heavy atom. The Morgan fingerprint density at radius 1 is 1.58 bits per heavy atom. The number of carbonyl (C=O) groups excluding carboxylic acids is 1. The third-order valence-electron chi connectivity index (χ3n) is 3.31. The first-order chi connectivity index (χ1) is 9.08. The van der Waals surface area contributed by atoms with Crippen molar-refractivity contribution in [1.82, 2.24) is 19.8 Å². The lowest BCUT2D eigenvalue weighted by Gasteiger charge is -2.21. The number of likely N-dealkylation sites (tertiary alicyclic amines) is 1. The van der Waals surface area contributed by atoms with Gasteiger partial charge in [0.2, 0.25) is 0 Å². The average Bonchev–Trinajstić information content (AvgIpc) is 2.97. The maximum Gasteiger partial charge on any atom is 0.356 e. The number of amides is 2. The van der Waals surface area contributed by atoms with Crippen LogP contribution in [0.25, 0.3) is 0 Å². The highest BCUT2D eigenvalue weighted by molar-refractivity contribution is 5.84. The molecule has 1 fully saturated rings. The molecule has 1 aliphatic rings. The van der Waals surface area contributed by atoms with Gasteiger partial charge in [-0.15, -0.1) is 0 Å². The van der Waals surface area contributed by atoms with Crippen LogP contribution in [0.15, 0.2) is 12.5 Å². The van der Waals surface area contributed by atoms with Gasteiger partial charge >= 0.3 is 12.0 Å². The molecule has 1 aromatic heterocycles. The molecule has 0 spiro atoms. The number of nitrogens with one attached hydrogen (secondary N) is 1. The summed E-state index contributed by atoms with van der Waals surface area (Å²) in [5, 5.41) is 11.6. The maximum atomic E-state index is 11.9. The highest BCUT2D eigenvalue weighted by Gasteiger charge is 2.24. The number of hydrogen-bond donors (Lipinski definition) is 2. The first kappa shape index (κ1) is 13.4. The van der Waals surface area contributed by atoms with Crippen molar-refractivity contribution < 1.29 is 14.7 Å². The van der Waals surface area contributed by atoms with Gasteiger partial charge in [0.05, 0.1) is 6.33 Å². The number of carboxylic acids is 1. The van der Waals surface area contributed by atoms with Gasteiger partial charge < -0.3 is 19.9 Å². The van der Waals surface area contributed by atoms with E-state index in [2.05, 4.69) is 10.3 Å². The predicted molar refractivity (Wildman–Crippen MR) is 68.0 cm³/mol. The zero-order valence-corrected chi connectivity index (χ0v) is 10.9. The first-order valence-corrected chi connectivity index (χ1v) is 6.37. The van der Waals surface area contributed by atoms with E-state index in [0.29, 0.717) is 19.1 Å². The van der Waals surface area contributed by atoms with Gasteiger partial charge in [-0.05, 0) is 19.8 Å². The monoisotopic (exact) mass is 266 g/mol. The van der Waals surface area contributed by atoms with Crippen molar-refractivity contribution in [2.24, 2.45) is 0 Å². The van der Waals surface area contributed by atoms with Crippen LogP contribution >= 0.6 is 0 Å². The smallest absolute Gasteiger partial charge is 0.356 e. The van der Waals surface area contributed by atoms with E-state index in [9.17, 15) is 9.59 Å². The summed E-state index contributed by atoms with van der Waals surface area (Å²) in [5.74, 6) is -1.05. The molecule has 104 valence electrons. The normalized spacial score (nSPS) is 18.6. The Bertz CT molecular complexity index is 471. The molecule has 0 bridgehead atoms. The summed E-state index contributed by atoms with van der Waals surface area (Å²) < 4.78 is 1.65. The molecule has 1 aromatic rings. The number of aromatic carboxylic acids is 1. The zero-order chi connectivity index (χ0) is 13.8. The van der Waals surface area contributed by atoms with Crippen LogP contribution in [0, 0.1) is 0 Å². The number of carboxylic acid groups (broad SMARTS) is 1. The van der Waals surface area contributed by atoms with Crippen LogP contribution in [0.1, 0.15) is 30.3 Å². The van der Waals surface area contributed by atoms with Gasteiger partial charge in [-0.25, -0.2) is 14.6 Å². The summed E-state index contributed by atoms with van der Waals surface area (Å²) in [6, 6.07) is 0.246. The van der Waals surface area contributed by atoms with Gasteiger partial charge in [0.25, 0.3) is 0 Å². The van der Waals surface area contributed by atoms with Gasteiger partial charge in [-0.2, -0.15) is 0 Å². The Hall–Kier alpha value is -2.05. The van der Waals surface area contributed by atoms with Crippen LogP contribution in [-0.2, 0) is 6.54 Å². The quantitative estimate of drug-likeness (QED) is 0.842. The molecule has 0 saturated carbocycles. The third kappa shape index (κ3) is 3.24. The Morgan fingerprint density at radius 2 is 2.37 bits per heavy atom.